The molecule has 5 aromatic rings. The number of primary amides is 1. The van der Waals surface area contributed by atoms with Crippen molar-refractivity contribution in [3.8, 4) is 57.1 Å². The number of likely N-dealkylation sites (N-methyl/N-ethyl adjacent to an activating group) is 1. The van der Waals surface area contributed by atoms with Gasteiger partial charge >= 0.3 is 5.97 Å². The summed E-state index contributed by atoms with van der Waals surface area (Å²) in [7, 11) is 1.47. The number of ether oxygens (including phenoxy) is 6. The van der Waals surface area contributed by atoms with Gasteiger partial charge in [-0.15, -0.1) is 0 Å². The molecule has 7 aliphatic heterocycles. The number of amides is 7. The number of nitrogens with one attached hydrogen (secondary N) is 7. The number of carbonyl (C=O) groups excluding carboxylic acids is 7. The third-order valence-electron chi connectivity index (χ3n) is 17.8. The summed E-state index contributed by atoms with van der Waals surface area (Å²) in [5.41, 5.74) is 8.00. The number of fused-ring (bicyclic) bond motifs is 15. The van der Waals surface area contributed by atoms with Gasteiger partial charge in [0.25, 0.3) is 0 Å². The number of phenolic OH excluding ortho intramolecular Hbond substituents is 3. The van der Waals surface area contributed by atoms with E-state index in [1.807, 2.05) is 13.8 Å². The van der Waals surface area contributed by atoms with Gasteiger partial charge in [-0.2, -0.15) is 0 Å². The molecule has 0 saturated carbocycles. The van der Waals surface area contributed by atoms with E-state index >= 15 is 14.4 Å². The molecule has 2 saturated heterocycles. The number of phenols is 3. The maximum Gasteiger partial charge on any atom is 0.330 e. The summed E-state index contributed by atoms with van der Waals surface area (Å²) in [5.74, 6) is -16.0. The summed E-state index contributed by atoms with van der Waals surface area (Å²) < 4.78 is 38.3. The lowest BCUT2D eigenvalue weighted by Gasteiger charge is -2.47. The van der Waals surface area contributed by atoms with Gasteiger partial charge < -0.3 is 128 Å². The molecule has 35 heteroatoms. The summed E-state index contributed by atoms with van der Waals surface area (Å²) >= 11 is 14.1. The first kappa shape index (κ1) is 74.5. The third kappa shape index (κ3) is 15.8. The van der Waals surface area contributed by atoms with Crippen molar-refractivity contribution < 1.29 is 118 Å². The van der Waals surface area contributed by atoms with E-state index < -0.39 is 237 Å². The average molecular weight is 1450 g/mol. The number of rotatable bonds is 13. The molecule has 11 unspecified atom stereocenters. The van der Waals surface area contributed by atoms with Crippen LogP contribution >= 0.6 is 23.2 Å². The van der Waals surface area contributed by atoms with Gasteiger partial charge in [-0.3, -0.25) is 33.6 Å². The number of hydrogen-bond acceptors (Lipinski definition) is 25. The van der Waals surface area contributed by atoms with Crippen molar-refractivity contribution in [2.75, 3.05) is 13.7 Å². The first-order valence-corrected chi connectivity index (χ1v) is 32.4. The van der Waals surface area contributed by atoms with Crippen molar-refractivity contribution in [1.82, 2.24) is 37.2 Å². The highest BCUT2D eigenvalue weighted by Crippen LogP contribution is 2.50. The maximum absolute atomic E-state index is 16.0. The number of aliphatic hydroxyl groups is 6. The second kappa shape index (κ2) is 30.2. The van der Waals surface area contributed by atoms with Crippen molar-refractivity contribution in [1.29, 1.82) is 0 Å². The van der Waals surface area contributed by atoms with E-state index in [0.717, 1.165) is 66.7 Å². The highest BCUT2D eigenvalue weighted by Gasteiger charge is 2.51. The smallest absolute Gasteiger partial charge is 0.330 e. The first-order valence-electron chi connectivity index (χ1n) is 31.6. The fourth-order valence-electron chi connectivity index (χ4n) is 12.5. The monoisotopic (exact) mass is 1450 g/mol. The number of hydrogen-bond donors (Lipinski definition) is 19. The zero-order chi connectivity index (χ0) is 73.5. The topological polar surface area (TPSA) is 530 Å². The Kier molecular flexibility index (Phi) is 22.2. The van der Waals surface area contributed by atoms with Gasteiger partial charge in [-0.25, -0.2) is 4.79 Å². The van der Waals surface area contributed by atoms with Crippen molar-refractivity contribution in [3.63, 3.8) is 0 Å². The number of carboxylic acid groups (broad SMARTS) is 1. The van der Waals surface area contributed by atoms with E-state index in [0.29, 0.717) is 0 Å². The average Bonchev–Trinajstić information content (AvgIpc) is 0.775. The molecular formula is C66H75Cl2N9O24. The van der Waals surface area contributed by atoms with E-state index in [1.165, 1.54) is 33.0 Å². The van der Waals surface area contributed by atoms with Gasteiger partial charge in [0, 0.05) is 34.7 Å². The minimum Gasteiger partial charge on any atom is -0.508 e. The minimum atomic E-state index is -2.35. The zero-order valence-electron chi connectivity index (χ0n) is 54.3. The van der Waals surface area contributed by atoms with E-state index in [9.17, 15) is 75.0 Å². The molecular weight excluding hydrogens is 1370 g/mol. The van der Waals surface area contributed by atoms with Gasteiger partial charge in [-0.05, 0) is 110 Å². The fourth-order valence-corrected chi connectivity index (χ4v) is 12.9. The van der Waals surface area contributed by atoms with E-state index in [4.69, 9.17) is 63.1 Å². The number of nitrogens with two attached hydrogens (primary N) is 2. The Bertz CT molecular complexity index is 4070. The molecule has 12 rings (SSSR count). The maximum atomic E-state index is 16.0. The van der Waals surface area contributed by atoms with Crippen LogP contribution in [0, 0.1) is 5.92 Å². The van der Waals surface area contributed by atoms with Gasteiger partial charge in [0.2, 0.25) is 53.4 Å². The van der Waals surface area contributed by atoms with Crippen LogP contribution in [0.1, 0.15) is 105 Å². The summed E-state index contributed by atoms with van der Waals surface area (Å²) in [6.07, 6.45) is -18.6. The van der Waals surface area contributed by atoms with Crippen LogP contribution in [-0.2, 0) is 52.6 Å². The van der Waals surface area contributed by atoms with Gasteiger partial charge in [0.15, 0.2) is 29.9 Å². The Balaban J connectivity index is 1.24. The normalized spacial score (nSPS) is 29.4. The van der Waals surface area contributed by atoms with Crippen LogP contribution in [0.15, 0.2) is 78.9 Å². The van der Waals surface area contributed by atoms with Crippen molar-refractivity contribution in [2.45, 2.75) is 156 Å². The Hall–Kier alpha value is -9.20. The Morgan fingerprint density at radius 1 is 0.713 bits per heavy atom. The van der Waals surface area contributed by atoms with Crippen LogP contribution in [0.3, 0.4) is 0 Å². The molecule has 5 aromatic carbocycles. The van der Waals surface area contributed by atoms with Crippen LogP contribution < -0.4 is 62.9 Å². The zero-order valence-corrected chi connectivity index (χ0v) is 55.8. The number of aliphatic hydroxyl groups excluding tert-OH is 6. The molecule has 2 fully saturated rings. The molecule has 21 N–H and O–H groups in total. The molecule has 0 spiro atoms. The number of aliphatic carboxylic acids is 1. The quantitative estimate of drug-likeness (QED) is 0.0743. The van der Waals surface area contributed by atoms with E-state index in [1.54, 1.807) is 0 Å². The summed E-state index contributed by atoms with van der Waals surface area (Å²) in [5, 5.41) is 131. The molecule has 33 nitrogen and oxygen atoms in total. The summed E-state index contributed by atoms with van der Waals surface area (Å²) in [6.45, 7) is 5.66. The molecule has 7 heterocycles. The van der Waals surface area contributed by atoms with E-state index in [2.05, 4.69) is 37.2 Å². The molecule has 0 aliphatic carbocycles. The standard InChI is InChI=1S/C66H75Cl2N9O24/c1-23(2)12-34(71-5)58(88)76-49-51(83)26-7-10-38(32(67)14-26)97-40-16-28-17-41(55(40)101-65-56(54(86)53(85)42(22-78)99-65)100-44-21-66(4,70)57(87)24(3)96-44)98-39-11-8-27(15-33(39)68)52(84)50-63(93)75-48(64(94)95)31-18-29(79)19-37(81)45(31)30-13-25(6-9-36(30)80)46(60(90)77-50)74-61(91)47(28)73-59(89)35(20-43(69)82)72-62(49)92/h6-11,13-19,23-24,34-35,42,44,46-54,56-57,65,71,78-81,83-87H,12,20-22,70H2,1-5H3,(H2,69,82)(H,72,92)(H,73,89)(H,74,91)(H,75,93)(H,76,88)(H,77,90)(H,94,95)/t24?,34-,35+,42?,44?,46-,47?,48?,49-,50+,51-,52-,53?,54?,56?,57?,65?,66?/m1/s1. The van der Waals surface area contributed by atoms with Crippen LogP contribution in [0.4, 0.5) is 0 Å². The lowest BCUT2D eigenvalue weighted by atomic mass is 9.86. The lowest BCUT2D eigenvalue weighted by molar-refractivity contribution is -0.333. The largest absolute Gasteiger partial charge is 0.508 e. The second-order valence-corrected chi connectivity index (χ2v) is 26.5. The molecule has 18 atom stereocenters. The predicted octanol–water partition coefficient (Wildman–Crippen LogP) is 0.106. The number of carbonyl (C=O) groups is 8. The molecule has 0 radical (unpaired) electrons. The van der Waals surface area contributed by atoms with Crippen LogP contribution in [0.2, 0.25) is 10.0 Å². The van der Waals surface area contributed by atoms with Crippen molar-refractivity contribution in [2.24, 2.45) is 17.4 Å². The molecule has 11 bridgehead atoms. The highest BCUT2D eigenvalue weighted by molar-refractivity contribution is 6.32. The van der Waals surface area contributed by atoms with Crippen LogP contribution in [0.25, 0.3) is 11.1 Å². The number of carboxylic acids is 1. The van der Waals surface area contributed by atoms with Crippen LogP contribution in [-0.4, -0.2) is 191 Å². The SMILES string of the molecule is CN[C@H](CC(C)C)C(=O)N[C@H]1C(=O)N[C@@H](CC(N)=O)C(=O)NC2C(=O)N[C@H]3C(=O)N[C@H](C(=O)NC(C(=O)O)c4cc(O)cc(O)c4-c4cc3ccc4O)[C@H](O)c3ccc(c(Cl)c3)Oc3cc2cc(c3OC2OC(CO)C(O)C(O)C2OC2CC(C)(N)C(O)C(C)O2)Oc2ccc(cc2Cl)[C@H]1O. The Labute approximate surface area is 584 Å². The Morgan fingerprint density at radius 3 is 1.90 bits per heavy atom. The highest BCUT2D eigenvalue weighted by atomic mass is 35.5. The number of halogens is 2. The molecule has 101 heavy (non-hydrogen) atoms. The minimum absolute atomic E-state index is 0.0975. The number of benzene rings is 5. The van der Waals surface area contributed by atoms with Gasteiger partial charge in [0.1, 0.15) is 89.5 Å². The number of aromatic hydroxyl groups is 3. The lowest BCUT2D eigenvalue weighted by Crippen LogP contribution is -2.64. The summed E-state index contributed by atoms with van der Waals surface area (Å²) in [4.78, 5) is 117. The van der Waals surface area contributed by atoms with Gasteiger partial charge in [0.05, 0.1) is 41.3 Å². The van der Waals surface area contributed by atoms with Gasteiger partial charge in [-0.1, -0.05) is 55.2 Å². The van der Waals surface area contributed by atoms with Crippen molar-refractivity contribution in [3.05, 3.63) is 117 Å². The molecule has 7 amide bonds. The van der Waals surface area contributed by atoms with Crippen LogP contribution in [0.5, 0.6) is 46.0 Å². The first-order chi connectivity index (χ1) is 47.7. The van der Waals surface area contributed by atoms with Crippen molar-refractivity contribution >= 4 is 70.5 Å². The Morgan fingerprint density at radius 2 is 1.32 bits per heavy atom. The fraction of sp³-hybridized carbons (Fsp3) is 0.424. The van der Waals surface area contributed by atoms with E-state index in [-0.39, 0.29) is 46.2 Å². The summed E-state index contributed by atoms with van der Waals surface area (Å²) in [6, 6.07) is -0.679. The molecule has 7 aliphatic rings. The second-order valence-electron chi connectivity index (χ2n) is 25.7. The third-order valence-corrected chi connectivity index (χ3v) is 18.4. The molecule has 0 aromatic heterocycles. The predicted molar refractivity (Wildman–Crippen MR) is 349 cm³/mol. The molecule has 542 valence electrons.